The maximum atomic E-state index is 11.4. The van der Waals surface area contributed by atoms with Gasteiger partial charge in [-0.1, -0.05) is 13.8 Å². The van der Waals surface area contributed by atoms with Gasteiger partial charge in [0.2, 0.25) is 0 Å². The summed E-state index contributed by atoms with van der Waals surface area (Å²) in [4.78, 5) is 12.2. The van der Waals surface area contributed by atoms with Gasteiger partial charge in [-0.25, -0.2) is 9.31 Å². The number of esters is 1. The van der Waals surface area contributed by atoms with Gasteiger partial charge in [-0.2, -0.15) is 5.10 Å². The Balaban J connectivity index is 0.000000606. The minimum absolute atomic E-state index is 0.322. The number of aromatic nitrogens is 2. The van der Waals surface area contributed by atoms with Crippen LogP contribution in [0.25, 0.3) is 4.83 Å². The Bertz CT molecular complexity index is 478. The van der Waals surface area contributed by atoms with Gasteiger partial charge in [-0.15, -0.1) is 11.3 Å². The highest BCUT2D eigenvalue weighted by Gasteiger charge is 2.15. The SMILES string of the molecule is CC.CCOC(=O)c1cnn2cc(Br)sc12. The van der Waals surface area contributed by atoms with Crippen LogP contribution >= 0.6 is 27.3 Å². The van der Waals surface area contributed by atoms with Crippen LogP contribution in [0.15, 0.2) is 16.2 Å². The molecule has 2 aromatic rings. The molecule has 2 rings (SSSR count). The largest absolute Gasteiger partial charge is 0.462 e. The summed E-state index contributed by atoms with van der Waals surface area (Å²) in [5.41, 5.74) is 0.516. The standard InChI is InChI=1S/C8H7BrN2O2S.C2H6/c1-2-13-8(12)5-3-10-11-4-6(9)14-7(5)11;1-2/h3-4H,2H2,1H3;1-2H3. The van der Waals surface area contributed by atoms with Crippen molar-refractivity contribution < 1.29 is 9.53 Å². The van der Waals surface area contributed by atoms with E-state index in [4.69, 9.17) is 4.74 Å². The molecule has 0 aliphatic rings. The van der Waals surface area contributed by atoms with Crippen LogP contribution in [-0.4, -0.2) is 22.2 Å². The molecule has 2 aromatic heterocycles. The van der Waals surface area contributed by atoms with E-state index in [1.807, 2.05) is 20.0 Å². The second kappa shape index (κ2) is 6.00. The summed E-state index contributed by atoms with van der Waals surface area (Å²) in [5.74, 6) is -0.322. The van der Waals surface area contributed by atoms with Crippen LogP contribution in [0.5, 0.6) is 0 Å². The number of rotatable bonds is 2. The van der Waals surface area contributed by atoms with Crippen LogP contribution < -0.4 is 0 Å². The molecule has 88 valence electrons. The molecule has 0 fully saturated rings. The lowest BCUT2D eigenvalue weighted by molar-refractivity contribution is 0.0529. The number of halogens is 1. The first kappa shape index (κ1) is 13.2. The number of hydrogen-bond donors (Lipinski definition) is 0. The third-order valence-electron chi connectivity index (χ3n) is 1.66. The summed E-state index contributed by atoms with van der Waals surface area (Å²) in [5, 5.41) is 4.04. The van der Waals surface area contributed by atoms with Gasteiger partial charge in [0.25, 0.3) is 0 Å². The maximum absolute atomic E-state index is 11.4. The van der Waals surface area contributed by atoms with Crippen molar-refractivity contribution in [2.45, 2.75) is 20.8 Å². The lowest BCUT2D eigenvalue weighted by Gasteiger charge is -1.96. The molecule has 0 saturated heterocycles. The number of hydrogen-bond acceptors (Lipinski definition) is 4. The van der Waals surface area contributed by atoms with Crippen LogP contribution in [0.1, 0.15) is 31.1 Å². The number of carbonyl (C=O) groups excluding carboxylic acids is 1. The van der Waals surface area contributed by atoms with E-state index in [0.717, 1.165) is 8.62 Å². The highest BCUT2D eigenvalue weighted by atomic mass is 79.9. The van der Waals surface area contributed by atoms with Crippen LogP contribution in [0.3, 0.4) is 0 Å². The summed E-state index contributed by atoms with van der Waals surface area (Å²) >= 11 is 4.79. The van der Waals surface area contributed by atoms with E-state index >= 15 is 0 Å². The quantitative estimate of drug-likeness (QED) is 0.799. The molecule has 0 unspecified atom stereocenters. The molecule has 2 heterocycles. The van der Waals surface area contributed by atoms with E-state index in [9.17, 15) is 4.79 Å². The molecule has 4 nitrogen and oxygen atoms in total. The molecular weight excluding hydrogens is 292 g/mol. The van der Waals surface area contributed by atoms with Gasteiger partial charge in [-0.05, 0) is 22.9 Å². The fourth-order valence-electron chi connectivity index (χ4n) is 1.11. The zero-order valence-electron chi connectivity index (χ0n) is 9.36. The second-order valence-electron chi connectivity index (χ2n) is 2.56. The van der Waals surface area contributed by atoms with E-state index in [0.29, 0.717) is 12.2 Å². The van der Waals surface area contributed by atoms with E-state index in [-0.39, 0.29) is 5.97 Å². The molecule has 6 heteroatoms. The number of fused-ring (bicyclic) bond motifs is 1. The highest BCUT2D eigenvalue weighted by molar-refractivity contribution is 9.11. The van der Waals surface area contributed by atoms with Gasteiger partial charge in [0.1, 0.15) is 10.4 Å². The third kappa shape index (κ3) is 2.62. The van der Waals surface area contributed by atoms with E-state index < -0.39 is 0 Å². The number of thiazole rings is 1. The van der Waals surface area contributed by atoms with Crippen molar-refractivity contribution in [3.63, 3.8) is 0 Å². The Morgan fingerprint density at radius 1 is 1.62 bits per heavy atom. The first-order chi connectivity index (χ1) is 7.72. The summed E-state index contributed by atoms with van der Waals surface area (Å²) in [7, 11) is 0. The molecular formula is C10H13BrN2O2S. The van der Waals surface area contributed by atoms with Crippen LogP contribution in [-0.2, 0) is 4.74 Å². The van der Waals surface area contributed by atoms with Gasteiger partial charge >= 0.3 is 5.97 Å². The Morgan fingerprint density at radius 3 is 2.94 bits per heavy atom. The molecule has 0 aliphatic heterocycles. The van der Waals surface area contributed by atoms with Crippen molar-refractivity contribution in [2.24, 2.45) is 0 Å². The normalized spacial score (nSPS) is 9.75. The molecule has 0 atom stereocenters. The predicted octanol–water partition coefficient (Wildman–Crippen LogP) is 3.36. The predicted molar refractivity (Wildman–Crippen MR) is 68.1 cm³/mol. The number of ether oxygens (including phenoxy) is 1. The minimum Gasteiger partial charge on any atom is -0.462 e. The van der Waals surface area contributed by atoms with E-state index in [1.165, 1.54) is 17.5 Å². The maximum Gasteiger partial charge on any atom is 0.342 e. The van der Waals surface area contributed by atoms with Gasteiger partial charge < -0.3 is 4.74 Å². The molecule has 0 aromatic carbocycles. The molecule has 0 amide bonds. The van der Waals surface area contributed by atoms with Crippen LogP contribution in [0, 0.1) is 0 Å². The van der Waals surface area contributed by atoms with Gasteiger partial charge in [-0.3, -0.25) is 0 Å². The highest BCUT2D eigenvalue weighted by Crippen LogP contribution is 2.25. The van der Waals surface area contributed by atoms with Crippen molar-refractivity contribution in [1.29, 1.82) is 0 Å². The lowest BCUT2D eigenvalue weighted by Crippen LogP contribution is -2.03. The second-order valence-corrected chi connectivity index (χ2v) is 4.97. The van der Waals surface area contributed by atoms with E-state index in [1.54, 1.807) is 11.4 Å². The summed E-state index contributed by atoms with van der Waals surface area (Å²) in [6.07, 6.45) is 3.33. The van der Waals surface area contributed by atoms with Crippen molar-refractivity contribution >= 4 is 38.1 Å². The van der Waals surface area contributed by atoms with Gasteiger partial charge in [0, 0.05) is 0 Å². The average molecular weight is 305 g/mol. The molecule has 0 spiro atoms. The molecule has 16 heavy (non-hydrogen) atoms. The zero-order chi connectivity index (χ0) is 12.1. The van der Waals surface area contributed by atoms with Crippen molar-refractivity contribution in [2.75, 3.05) is 6.61 Å². The monoisotopic (exact) mass is 304 g/mol. The molecule has 0 N–H and O–H groups in total. The average Bonchev–Trinajstić information content (AvgIpc) is 2.79. The fraction of sp³-hybridized carbons (Fsp3) is 0.400. The number of carbonyl (C=O) groups is 1. The van der Waals surface area contributed by atoms with Crippen molar-refractivity contribution in [3.8, 4) is 0 Å². The molecule has 0 radical (unpaired) electrons. The Hall–Kier alpha value is -0.880. The first-order valence-electron chi connectivity index (χ1n) is 5.02. The zero-order valence-corrected chi connectivity index (χ0v) is 11.8. The van der Waals surface area contributed by atoms with Crippen molar-refractivity contribution in [3.05, 3.63) is 21.7 Å². The summed E-state index contributed by atoms with van der Waals surface area (Å²) in [6.45, 7) is 6.16. The van der Waals surface area contributed by atoms with Crippen LogP contribution in [0.4, 0.5) is 0 Å². The van der Waals surface area contributed by atoms with Crippen LogP contribution in [0.2, 0.25) is 0 Å². The Kier molecular flexibility index (Phi) is 4.95. The first-order valence-corrected chi connectivity index (χ1v) is 6.63. The Labute approximate surface area is 106 Å². The van der Waals surface area contributed by atoms with Gasteiger partial charge in [0.15, 0.2) is 0 Å². The minimum atomic E-state index is -0.322. The molecule has 0 bridgehead atoms. The lowest BCUT2D eigenvalue weighted by atomic mass is 10.4. The van der Waals surface area contributed by atoms with Crippen molar-refractivity contribution in [1.82, 2.24) is 9.61 Å². The Morgan fingerprint density at radius 2 is 2.31 bits per heavy atom. The summed E-state index contributed by atoms with van der Waals surface area (Å²) in [6, 6.07) is 0. The van der Waals surface area contributed by atoms with Gasteiger partial charge in [0.05, 0.1) is 22.8 Å². The smallest absolute Gasteiger partial charge is 0.342 e. The summed E-state index contributed by atoms with van der Waals surface area (Å²) < 4.78 is 7.49. The topological polar surface area (TPSA) is 43.6 Å². The molecule has 0 aliphatic carbocycles. The fourth-order valence-corrected chi connectivity index (χ4v) is 2.54. The number of nitrogens with zero attached hydrogens (tertiary/aromatic N) is 2. The van der Waals surface area contributed by atoms with E-state index in [2.05, 4.69) is 21.0 Å². The molecule has 0 saturated carbocycles. The third-order valence-corrected chi connectivity index (χ3v) is 3.25.